The monoisotopic (exact) mass is 155 g/mol. The van der Waals surface area contributed by atoms with Crippen LogP contribution in [0.3, 0.4) is 0 Å². The van der Waals surface area contributed by atoms with Gasteiger partial charge in [-0.2, -0.15) is 5.26 Å². The summed E-state index contributed by atoms with van der Waals surface area (Å²) in [6.07, 6.45) is 4.54. The number of rotatable bonds is 1. The Morgan fingerprint density at radius 3 is 2.67 bits per heavy atom. The summed E-state index contributed by atoms with van der Waals surface area (Å²) in [5.41, 5.74) is 3.29. The summed E-state index contributed by atoms with van der Waals surface area (Å²) in [5, 5.41) is 8.77. The molecule has 0 bridgehead atoms. The molecule has 1 aliphatic carbocycles. The van der Waals surface area contributed by atoms with Gasteiger partial charge in [-0.25, -0.2) is 0 Å². The SMILES string of the molecule is N#Cc1ccccc1C=C1CC1. The molecule has 1 aromatic rings. The molecule has 1 aromatic carbocycles. The molecule has 1 aliphatic rings. The first-order valence-corrected chi connectivity index (χ1v) is 4.09. The van der Waals surface area contributed by atoms with E-state index < -0.39 is 0 Å². The summed E-state index contributed by atoms with van der Waals surface area (Å²) in [6.45, 7) is 0. The largest absolute Gasteiger partial charge is 0.192 e. The lowest BCUT2D eigenvalue weighted by Gasteiger charge is -1.94. The highest BCUT2D eigenvalue weighted by molar-refractivity contribution is 5.62. The molecule has 1 heteroatoms. The van der Waals surface area contributed by atoms with Crippen LogP contribution >= 0.6 is 0 Å². The van der Waals surface area contributed by atoms with Gasteiger partial charge in [0.2, 0.25) is 0 Å². The topological polar surface area (TPSA) is 23.8 Å². The van der Waals surface area contributed by atoms with Gasteiger partial charge in [0, 0.05) is 0 Å². The Labute approximate surface area is 72.0 Å². The molecule has 0 amide bonds. The number of hydrogen-bond donors (Lipinski definition) is 0. The van der Waals surface area contributed by atoms with Gasteiger partial charge in [0.1, 0.15) is 0 Å². The number of hydrogen-bond acceptors (Lipinski definition) is 1. The van der Waals surface area contributed by atoms with E-state index in [1.54, 1.807) is 0 Å². The minimum Gasteiger partial charge on any atom is -0.192 e. The maximum atomic E-state index is 8.77. The highest BCUT2D eigenvalue weighted by Crippen LogP contribution is 2.30. The van der Waals surface area contributed by atoms with E-state index in [4.69, 9.17) is 5.26 Å². The number of allylic oxidation sites excluding steroid dienone is 1. The first-order valence-electron chi connectivity index (χ1n) is 4.09. The van der Waals surface area contributed by atoms with Crippen molar-refractivity contribution in [3.8, 4) is 6.07 Å². The second-order valence-electron chi connectivity index (χ2n) is 3.00. The Balaban J connectivity index is 2.42. The van der Waals surface area contributed by atoms with E-state index in [1.165, 1.54) is 18.4 Å². The predicted molar refractivity (Wildman–Crippen MR) is 48.4 cm³/mol. The van der Waals surface area contributed by atoms with Crippen LogP contribution in [0.2, 0.25) is 0 Å². The van der Waals surface area contributed by atoms with Crippen molar-refractivity contribution in [1.29, 1.82) is 5.26 Å². The molecule has 1 saturated carbocycles. The normalized spacial score (nSPS) is 13.8. The number of benzene rings is 1. The summed E-state index contributed by atoms with van der Waals surface area (Å²) in [5.74, 6) is 0. The van der Waals surface area contributed by atoms with E-state index in [0.29, 0.717) is 0 Å². The number of nitrogens with zero attached hydrogens (tertiary/aromatic N) is 1. The van der Waals surface area contributed by atoms with Gasteiger partial charge in [0.15, 0.2) is 0 Å². The molecule has 2 rings (SSSR count). The molecule has 0 spiro atoms. The van der Waals surface area contributed by atoms with Gasteiger partial charge in [-0.15, -0.1) is 0 Å². The van der Waals surface area contributed by atoms with Crippen molar-refractivity contribution < 1.29 is 0 Å². The zero-order valence-electron chi connectivity index (χ0n) is 6.75. The van der Waals surface area contributed by atoms with Gasteiger partial charge in [-0.05, 0) is 24.5 Å². The predicted octanol–water partition coefficient (Wildman–Crippen LogP) is 2.74. The highest BCUT2D eigenvalue weighted by atomic mass is 14.2. The highest BCUT2D eigenvalue weighted by Gasteiger charge is 2.11. The zero-order valence-corrected chi connectivity index (χ0v) is 6.75. The molecule has 58 valence electrons. The van der Waals surface area contributed by atoms with Crippen molar-refractivity contribution in [2.24, 2.45) is 0 Å². The molecule has 0 radical (unpaired) electrons. The molecule has 0 heterocycles. The van der Waals surface area contributed by atoms with Gasteiger partial charge in [-0.1, -0.05) is 29.8 Å². The molecule has 0 aliphatic heterocycles. The molecule has 0 saturated heterocycles. The van der Waals surface area contributed by atoms with Crippen LogP contribution in [0.1, 0.15) is 24.0 Å². The average molecular weight is 155 g/mol. The Morgan fingerprint density at radius 1 is 1.25 bits per heavy atom. The van der Waals surface area contributed by atoms with Gasteiger partial charge in [0.25, 0.3) is 0 Å². The van der Waals surface area contributed by atoms with Gasteiger partial charge in [-0.3, -0.25) is 0 Å². The van der Waals surface area contributed by atoms with Crippen molar-refractivity contribution in [2.45, 2.75) is 12.8 Å². The van der Waals surface area contributed by atoms with E-state index in [0.717, 1.165) is 11.1 Å². The molecule has 12 heavy (non-hydrogen) atoms. The van der Waals surface area contributed by atoms with Crippen LogP contribution in [0.15, 0.2) is 29.8 Å². The van der Waals surface area contributed by atoms with Gasteiger partial charge in [0.05, 0.1) is 11.6 Å². The van der Waals surface area contributed by atoms with Crippen molar-refractivity contribution in [3.05, 3.63) is 41.0 Å². The average Bonchev–Trinajstić information content (AvgIpc) is 2.89. The molecule has 0 atom stereocenters. The zero-order chi connectivity index (χ0) is 8.39. The smallest absolute Gasteiger partial charge is 0.0997 e. The maximum Gasteiger partial charge on any atom is 0.0997 e. The molecule has 0 unspecified atom stereocenters. The molecular formula is C11H9N. The lowest BCUT2D eigenvalue weighted by molar-refractivity contribution is 1.47. The van der Waals surface area contributed by atoms with Gasteiger partial charge >= 0.3 is 0 Å². The minimum absolute atomic E-state index is 0.775. The van der Waals surface area contributed by atoms with E-state index in [-0.39, 0.29) is 0 Å². The molecule has 0 aromatic heterocycles. The van der Waals surface area contributed by atoms with E-state index in [1.807, 2.05) is 24.3 Å². The van der Waals surface area contributed by atoms with Crippen LogP contribution in [0.25, 0.3) is 6.08 Å². The lowest BCUT2D eigenvalue weighted by atomic mass is 10.1. The molecule has 1 fully saturated rings. The van der Waals surface area contributed by atoms with Crippen molar-refractivity contribution in [1.82, 2.24) is 0 Å². The number of nitriles is 1. The van der Waals surface area contributed by atoms with Crippen LogP contribution in [-0.2, 0) is 0 Å². The summed E-state index contributed by atoms with van der Waals surface area (Å²) in [7, 11) is 0. The third-order valence-corrected chi connectivity index (χ3v) is 1.98. The quantitative estimate of drug-likeness (QED) is 0.611. The third kappa shape index (κ3) is 1.38. The van der Waals surface area contributed by atoms with Crippen LogP contribution in [0.5, 0.6) is 0 Å². The Morgan fingerprint density at radius 2 is 2.00 bits per heavy atom. The van der Waals surface area contributed by atoms with Gasteiger partial charge < -0.3 is 0 Å². The molecule has 1 nitrogen and oxygen atoms in total. The lowest BCUT2D eigenvalue weighted by Crippen LogP contribution is -1.79. The van der Waals surface area contributed by atoms with E-state index in [9.17, 15) is 0 Å². The van der Waals surface area contributed by atoms with Crippen LogP contribution in [-0.4, -0.2) is 0 Å². The second-order valence-corrected chi connectivity index (χ2v) is 3.00. The van der Waals surface area contributed by atoms with Crippen LogP contribution in [0.4, 0.5) is 0 Å². The fourth-order valence-electron chi connectivity index (χ4n) is 1.16. The molecule has 0 N–H and O–H groups in total. The fourth-order valence-corrected chi connectivity index (χ4v) is 1.16. The van der Waals surface area contributed by atoms with E-state index in [2.05, 4.69) is 12.1 Å². The first kappa shape index (κ1) is 7.12. The van der Waals surface area contributed by atoms with E-state index >= 15 is 0 Å². The third-order valence-electron chi connectivity index (χ3n) is 1.98. The van der Waals surface area contributed by atoms with Crippen LogP contribution < -0.4 is 0 Å². The summed E-state index contributed by atoms with van der Waals surface area (Å²) >= 11 is 0. The maximum absolute atomic E-state index is 8.77. The molecular weight excluding hydrogens is 146 g/mol. The summed E-state index contributed by atoms with van der Waals surface area (Å²) in [6, 6.07) is 9.89. The van der Waals surface area contributed by atoms with Crippen molar-refractivity contribution in [3.63, 3.8) is 0 Å². The van der Waals surface area contributed by atoms with Crippen LogP contribution in [0, 0.1) is 11.3 Å². The first-order chi connectivity index (χ1) is 5.90. The Kier molecular flexibility index (Phi) is 1.68. The standard InChI is InChI=1S/C11H9N/c12-8-11-4-2-1-3-10(11)7-9-5-6-9/h1-4,7H,5-6H2. The minimum atomic E-state index is 0.775. The van der Waals surface area contributed by atoms with Crippen molar-refractivity contribution >= 4 is 6.08 Å². The van der Waals surface area contributed by atoms with Crippen molar-refractivity contribution in [2.75, 3.05) is 0 Å². The summed E-state index contributed by atoms with van der Waals surface area (Å²) < 4.78 is 0. The summed E-state index contributed by atoms with van der Waals surface area (Å²) in [4.78, 5) is 0. The fraction of sp³-hybridized carbons (Fsp3) is 0.182. The second kappa shape index (κ2) is 2.83. The Bertz CT molecular complexity index is 363. The Hall–Kier alpha value is -1.55.